The number of benzene rings is 3. The highest BCUT2D eigenvalue weighted by molar-refractivity contribution is 7.99. The minimum atomic E-state index is -0.156. The Balaban J connectivity index is 0.000000732. The molecule has 3 aromatic carbocycles. The Morgan fingerprint density at radius 1 is 0.921 bits per heavy atom. The normalized spacial score (nSPS) is 13.4. The summed E-state index contributed by atoms with van der Waals surface area (Å²) in [5.41, 5.74) is 16.3. The van der Waals surface area contributed by atoms with Crippen molar-refractivity contribution in [1.29, 1.82) is 0 Å². The molecule has 0 saturated heterocycles. The molecule has 2 N–H and O–H groups in total. The predicted octanol–water partition coefficient (Wildman–Crippen LogP) is 9.92. The van der Waals surface area contributed by atoms with E-state index in [1.807, 2.05) is 24.8 Å². The Bertz CT molecular complexity index is 1200. The molecule has 0 aliphatic carbocycles. The van der Waals surface area contributed by atoms with Crippen molar-refractivity contribution < 1.29 is 9.13 Å². The van der Waals surface area contributed by atoms with E-state index in [9.17, 15) is 4.39 Å². The summed E-state index contributed by atoms with van der Waals surface area (Å²) in [5.74, 6) is 1.89. The van der Waals surface area contributed by atoms with Crippen molar-refractivity contribution >= 4 is 28.6 Å². The Labute approximate surface area is 233 Å². The van der Waals surface area contributed by atoms with Gasteiger partial charge in [-0.1, -0.05) is 82.5 Å². The number of nitrogen functional groups attached to an aromatic ring is 1. The number of rotatable bonds is 10. The molecule has 0 fully saturated rings. The van der Waals surface area contributed by atoms with Crippen LogP contribution in [0.25, 0.3) is 11.1 Å². The average Bonchev–Trinajstić information content (AvgIpc) is 2.93. The predicted molar refractivity (Wildman–Crippen MR) is 165 cm³/mol. The summed E-state index contributed by atoms with van der Waals surface area (Å²) in [4.78, 5) is 1.26. The number of hydrogen-bond donors (Lipinski definition) is 1. The van der Waals surface area contributed by atoms with Crippen LogP contribution in [0, 0.1) is 6.92 Å². The van der Waals surface area contributed by atoms with Gasteiger partial charge in [0.1, 0.15) is 5.75 Å². The molecule has 0 aromatic heterocycles. The summed E-state index contributed by atoms with van der Waals surface area (Å²) in [6.07, 6.45) is 6.26. The fourth-order valence-corrected chi connectivity index (χ4v) is 5.94. The third-order valence-electron chi connectivity index (χ3n) is 6.91. The molecule has 4 heteroatoms. The van der Waals surface area contributed by atoms with Gasteiger partial charge in [-0.3, -0.25) is 4.39 Å². The number of ether oxygens (including phenoxy) is 1. The maximum atomic E-state index is 11.0. The van der Waals surface area contributed by atoms with E-state index in [0.717, 1.165) is 55.7 Å². The van der Waals surface area contributed by atoms with Crippen LogP contribution in [-0.2, 0) is 6.42 Å². The molecule has 0 spiro atoms. The molecule has 1 unspecified atom stereocenters. The van der Waals surface area contributed by atoms with E-state index in [0.29, 0.717) is 0 Å². The molecule has 0 saturated carbocycles. The largest absolute Gasteiger partial charge is 0.490 e. The lowest BCUT2D eigenvalue weighted by molar-refractivity contribution is 0.186. The van der Waals surface area contributed by atoms with Crippen LogP contribution in [0.1, 0.15) is 87.6 Å². The molecule has 3 aromatic rings. The smallest absolute Gasteiger partial charge is 0.119 e. The van der Waals surface area contributed by atoms with Crippen LogP contribution in [0.4, 0.5) is 10.1 Å². The Morgan fingerprint density at radius 3 is 2.26 bits per heavy atom. The summed E-state index contributed by atoms with van der Waals surface area (Å²) in [6, 6.07) is 21.9. The van der Waals surface area contributed by atoms with Gasteiger partial charge < -0.3 is 10.5 Å². The van der Waals surface area contributed by atoms with Gasteiger partial charge >= 0.3 is 0 Å². The molecule has 1 aliphatic heterocycles. The summed E-state index contributed by atoms with van der Waals surface area (Å²) in [7, 11) is 0. The maximum Gasteiger partial charge on any atom is 0.119 e. The van der Waals surface area contributed by atoms with Gasteiger partial charge in [0.05, 0.1) is 12.8 Å². The lowest BCUT2D eigenvalue weighted by atomic mass is 9.87. The van der Waals surface area contributed by atoms with Gasteiger partial charge in [-0.25, -0.2) is 0 Å². The first-order chi connectivity index (χ1) is 18.4. The van der Waals surface area contributed by atoms with E-state index >= 15 is 0 Å². The molecular formula is C34H44FNOS. The highest BCUT2D eigenvalue weighted by Gasteiger charge is 2.23. The molecule has 38 heavy (non-hydrogen) atoms. The zero-order valence-electron chi connectivity index (χ0n) is 23.8. The lowest BCUT2D eigenvalue weighted by Gasteiger charge is -2.26. The second kappa shape index (κ2) is 15.0. The van der Waals surface area contributed by atoms with Crippen molar-refractivity contribution in [2.45, 2.75) is 84.1 Å². The van der Waals surface area contributed by atoms with Crippen LogP contribution in [-0.4, -0.2) is 18.5 Å². The van der Waals surface area contributed by atoms with Gasteiger partial charge in [-0.05, 0) is 90.3 Å². The summed E-state index contributed by atoms with van der Waals surface area (Å²) >= 11 is 1.89. The minimum absolute atomic E-state index is 0.156. The van der Waals surface area contributed by atoms with Crippen LogP contribution in [0.15, 0.2) is 65.6 Å². The molecule has 2 nitrogen and oxygen atoms in total. The van der Waals surface area contributed by atoms with Crippen molar-refractivity contribution in [3.05, 3.63) is 88.5 Å². The van der Waals surface area contributed by atoms with E-state index in [-0.39, 0.29) is 12.8 Å². The van der Waals surface area contributed by atoms with Crippen molar-refractivity contribution in [3.63, 3.8) is 0 Å². The third kappa shape index (κ3) is 7.66. The quantitative estimate of drug-likeness (QED) is 0.263. The number of halogens is 1. The van der Waals surface area contributed by atoms with E-state index in [1.54, 1.807) is 0 Å². The van der Waals surface area contributed by atoms with E-state index in [4.69, 9.17) is 10.5 Å². The molecule has 0 bridgehead atoms. The van der Waals surface area contributed by atoms with Crippen molar-refractivity contribution in [2.75, 3.05) is 18.2 Å². The number of alkyl halides is 1. The standard InChI is InChI=1S/C30H35NOS.C4H9F/c1-5-8-24(7-3)32-25-13-10-22(11-14-25)30-27-16-12-23(31)18-29(27)33-19-28(30)26-15-9-20(4)17-21(26)6-2;1-2-3-4-5/h9-18,24H,5-8,19,31H2,1-4H3;2-4H2,1H3. The Morgan fingerprint density at radius 2 is 1.66 bits per heavy atom. The van der Waals surface area contributed by atoms with Gasteiger partial charge in [-0.2, -0.15) is 0 Å². The molecule has 0 amide bonds. The Kier molecular flexibility index (Phi) is 11.8. The highest BCUT2D eigenvalue weighted by atomic mass is 32.2. The fraction of sp³-hybridized carbons (Fsp3) is 0.412. The zero-order valence-corrected chi connectivity index (χ0v) is 24.6. The SMILES string of the molecule is CCCC(CC)Oc1ccc(C2=C(c3ccc(C)cc3CC)CSc3cc(N)ccc32)cc1.CCCCF. The van der Waals surface area contributed by atoms with Gasteiger partial charge in [0.15, 0.2) is 0 Å². The number of hydrogen-bond acceptors (Lipinski definition) is 3. The first kappa shape index (κ1) is 29.8. The minimum Gasteiger partial charge on any atom is -0.490 e. The number of anilines is 1. The van der Waals surface area contributed by atoms with Crippen LogP contribution < -0.4 is 10.5 Å². The zero-order chi connectivity index (χ0) is 27.5. The first-order valence-electron chi connectivity index (χ1n) is 14.1. The molecule has 204 valence electrons. The maximum absolute atomic E-state index is 11.0. The number of unbranched alkanes of at least 4 members (excludes halogenated alkanes) is 1. The molecule has 4 rings (SSSR count). The van der Waals surface area contributed by atoms with Gasteiger partial charge in [0, 0.05) is 16.3 Å². The average molecular weight is 534 g/mol. The molecule has 1 heterocycles. The Hall–Kier alpha value is -2.72. The summed E-state index contributed by atoms with van der Waals surface area (Å²) in [5, 5.41) is 0. The van der Waals surface area contributed by atoms with E-state index in [1.165, 1.54) is 43.9 Å². The van der Waals surface area contributed by atoms with Crippen molar-refractivity contribution in [1.82, 2.24) is 0 Å². The number of fused-ring (bicyclic) bond motifs is 1. The molecule has 0 radical (unpaired) electrons. The number of aryl methyl sites for hydroxylation is 2. The van der Waals surface area contributed by atoms with E-state index < -0.39 is 0 Å². The molecule has 1 atom stereocenters. The van der Waals surface area contributed by atoms with Gasteiger partial charge in [0.25, 0.3) is 0 Å². The van der Waals surface area contributed by atoms with Crippen molar-refractivity contribution in [2.24, 2.45) is 0 Å². The summed E-state index contributed by atoms with van der Waals surface area (Å²) < 4.78 is 17.2. The molecular weight excluding hydrogens is 489 g/mol. The van der Waals surface area contributed by atoms with Crippen LogP contribution in [0.3, 0.4) is 0 Å². The fourth-order valence-electron chi connectivity index (χ4n) is 4.80. The van der Waals surface area contributed by atoms with E-state index in [2.05, 4.69) is 82.3 Å². The van der Waals surface area contributed by atoms with Crippen LogP contribution >= 0.6 is 11.8 Å². The van der Waals surface area contributed by atoms with Crippen LogP contribution in [0.2, 0.25) is 0 Å². The number of nitrogens with two attached hydrogens (primary N) is 1. The first-order valence-corrected chi connectivity index (χ1v) is 15.1. The lowest BCUT2D eigenvalue weighted by Crippen LogP contribution is -2.14. The second-order valence-electron chi connectivity index (χ2n) is 9.92. The van der Waals surface area contributed by atoms with Crippen LogP contribution in [0.5, 0.6) is 5.75 Å². The number of thioether (sulfide) groups is 1. The van der Waals surface area contributed by atoms with Gasteiger partial charge in [0.2, 0.25) is 0 Å². The summed E-state index contributed by atoms with van der Waals surface area (Å²) in [6.45, 7) is 10.6. The highest BCUT2D eigenvalue weighted by Crippen LogP contribution is 2.45. The monoisotopic (exact) mass is 533 g/mol. The van der Waals surface area contributed by atoms with Gasteiger partial charge in [-0.15, -0.1) is 11.8 Å². The second-order valence-corrected chi connectivity index (χ2v) is 10.9. The topological polar surface area (TPSA) is 35.2 Å². The third-order valence-corrected chi connectivity index (χ3v) is 8.00. The van der Waals surface area contributed by atoms with Crippen molar-refractivity contribution in [3.8, 4) is 5.75 Å². The molecule has 1 aliphatic rings.